The van der Waals surface area contributed by atoms with Crippen molar-refractivity contribution < 1.29 is 4.79 Å². The fourth-order valence-corrected chi connectivity index (χ4v) is 3.87. The third-order valence-electron chi connectivity index (χ3n) is 5.01. The molecule has 5 heteroatoms. The molecule has 1 aliphatic heterocycles. The smallest absolute Gasteiger partial charge is 0.242 e. The molecule has 26 heavy (non-hydrogen) atoms. The Hall–Kier alpha value is -2.14. The molecule has 0 radical (unpaired) electrons. The van der Waals surface area contributed by atoms with Crippen molar-refractivity contribution in [1.82, 2.24) is 14.5 Å². The highest BCUT2D eigenvalue weighted by molar-refractivity contribution is 9.10. The molecule has 2 aromatic carbocycles. The number of para-hydroxylation sites is 2. The van der Waals surface area contributed by atoms with Crippen molar-refractivity contribution in [3.05, 3.63) is 53.0 Å². The van der Waals surface area contributed by atoms with Gasteiger partial charge in [0.05, 0.1) is 11.0 Å². The van der Waals surface area contributed by atoms with E-state index in [1.165, 1.54) is 12.8 Å². The lowest BCUT2D eigenvalue weighted by Crippen LogP contribution is -2.34. The average molecular weight is 412 g/mol. The third-order valence-corrected chi connectivity index (χ3v) is 5.54. The molecule has 3 aromatic rings. The lowest BCUT2D eigenvalue weighted by Gasteiger charge is -2.21. The Morgan fingerprint density at radius 1 is 0.962 bits per heavy atom. The number of nitrogens with zero attached hydrogens (tertiary/aromatic N) is 3. The Bertz CT molecular complexity index is 909. The van der Waals surface area contributed by atoms with Crippen LogP contribution in [0, 0.1) is 0 Å². The second-order valence-corrected chi connectivity index (χ2v) is 7.73. The summed E-state index contributed by atoms with van der Waals surface area (Å²) in [5.74, 6) is 1.04. The number of hydrogen-bond donors (Lipinski definition) is 0. The van der Waals surface area contributed by atoms with E-state index in [0.29, 0.717) is 6.54 Å². The van der Waals surface area contributed by atoms with E-state index >= 15 is 0 Å². The first kappa shape index (κ1) is 17.3. The molecule has 0 bridgehead atoms. The molecular weight excluding hydrogens is 390 g/mol. The number of benzene rings is 2. The lowest BCUT2D eigenvalue weighted by molar-refractivity contribution is -0.131. The first-order valence-corrected chi connectivity index (χ1v) is 10.0. The number of carbonyl (C=O) groups is 1. The van der Waals surface area contributed by atoms with Gasteiger partial charge in [0.1, 0.15) is 12.4 Å². The van der Waals surface area contributed by atoms with Crippen LogP contribution >= 0.6 is 15.9 Å². The molecule has 0 spiro atoms. The minimum atomic E-state index is 0.188. The van der Waals surface area contributed by atoms with E-state index in [9.17, 15) is 4.79 Å². The van der Waals surface area contributed by atoms with Crippen LogP contribution < -0.4 is 0 Å². The fourth-order valence-electron chi connectivity index (χ4n) is 3.61. The van der Waals surface area contributed by atoms with Crippen molar-refractivity contribution in [2.45, 2.75) is 32.2 Å². The molecule has 0 aliphatic carbocycles. The van der Waals surface area contributed by atoms with Gasteiger partial charge >= 0.3 is 0 Å². The van der Waals surface area contributed by atoms with Gasteiger partial charge in [-0.25, -0.2) is 4.98 Å². The zero-order chi connectivity index (χ0) is 17.9. The lowest BCUT2D eigenvalue weighted by atomic mass is 10.2. The SMILES string of the molecule is O=C(Cn1c(-c2ccc(Br)cc2)nc2ccccc21)N1CCCCCC1. The van der Waals surface area contributed by atoms with E-state index in [-0.39, 0.29) is 5.91 Å². The van der Waals surface area contributed by atoms with Crippen LogP contribution in [0.5, 0.6) is 0 Å². The minimum Gasteiger partial charge on any atom is -0.341 e. The summed E-state index contributed by atoms with van der Waals surface area (Å²) >= 11 is 3.48. The number of carbonyl (C=O) groups excluding carboxylic acids is 1. The van der Waals surface area contributed by atoms with E-state index in [1.807, 2.05) is 53.4 Å². The molecule has 134 valence electrons. The predicted octanol–water partition coefficient (Wildman–Crippen LogP) is 4.87. The second kappa shape index (κ2) is 7.62. The Morgan fingerprint density at radius 3 is 2.38 bits per heavy atom. The number of hydrogen-bond acceptors (Lipinski definition) is 2. The van der Waals surface area contributed by atoms with Crippen molar-refractivity contribution >= 4 is 32.9 Å². The van der Waals surface area contributed by atoms with Gasteiger partial charge in [0.15, 0.2) is 0 Å². The van der Waals surface area contributed by atoms with Gasteiger partial charge in [-0.3, -0.25) is 4.79 Å². The number of fused-ring (bicyclic) bond motifs is 1. The Kier molecular flexibility index (Phi) is 5.07. The highest BCUT2D eigenvalue weighted by atomic mass is 79.9. The maximum absolute atomic E-state index is 13.0. The summed E-state index contributed by atoms with van der Waals surface area (Å²) in [5.41, 5.74) is 2.95. The maximum atomic E-state index is 13.0. The summed E-state index contributed by atoms with van der Waals surface area (Å²) in [4.78, 5) is 19.8. The van der Waals surface area contributed by atoms with Gasteiger partial charge in [-0.05, 0) is 37.1 Å². The molecule has 4 nitrogen and oxygen atoms in total. The normalized spacial score (nSPS) is 15.2. The van der Waals surface area contributed by atoms with Crippen molar-refractivity contribution in [2.24, 2.45) is 0 Å². The molecule has 0 N–H and O–H groups in total. The first-order chi connectivity index (χ1) is 12.7. The Morgan fingerprint density at radius 2 is 1.65 bits per heavy atom. The molecule has 0 saturated carbocycles. The molecule has 0 unspecified atom stereocenters. The standard InChI is InChI=1S/C21H22BrN3O/c22-17-11-9-16(10-12-17)21-23-18-7-3-4-8-19(18)25(21)15-20(26)24-13-5-1-2-6-14-24/h3-4,7-12H,1-2,5-6,13-15H2. The molecule has 1 amide bonds. The molecule has 1 aromatic heterocycles. The van der Waals surface area contributed by atoms with Gasteiger partial charge in [0.2, 0.25) is 5.91 Å². The molecule has 1 fully saturated rings. The summed E-state index contributed by atoms with van der Waals surface area (Å²) in [7, 11) is 0. The van der Waals surface area contributed by atoms with Crippen LogP contribution in [0.1, 0.15) is 25.7 Å². The number of imidazole rings is 1. The Labute approximate surface area is 162 Å². The summed E-state index contributed by atoms with van der Waals surface area (Å²) in [6.45, 7) is 2.09. The van der Waals surface area contributed by atoms with Gasteiger partial charge < -0.3 is 9.47 Å². The summed E-state index contributed by atoms with van der Waals surface area (Å²) in [6.07, 6.45) is 4.66. The van der Waals surface area contributed by atoms with E-state index in [0.717, 1.165) is 52.8 Å². The quantitative estimate of drug-likeness (QED) is 0.616. The summed E-state index contributed by atoms with van der Waals surface area (Å²) in [6, 6.07) is 16.1. The average Bonchev–Trinajstić information content (AvgIpc) is 2.84. The number of amides is 1. The minimum absolute atomic E-state index is 0.188. The van der Waals surface area contributed by atoms with Crippen molar-refractivity contribution in [1.29, 1.82) is 0 Å². The van der Waals surface area contributed by atoms with Crippen LogP contribution in [-0.2, 0) is 11.3 Å². The second-order valence-electron chi connectivity index (χ2n) is 6.81. The molecule has 2 heterocycles. The van der Waals surface area contributed by atoms with E-state index in [2.05, 4.69) is 20.5 Å². The predicted molar refractivity (Wildman–Crippen MR) is 108 cm³/mol. The molecule has 0 atom stereocenters. The monoisotopic (exact) mass is 411 g/mol. The van der Waals surface area contributed by atoms with Gasteiger partial charge in [0.25, 0.3) is 0 Å². The third kappa shape index (κ3) is 3.54. The molecule has 1 saturated heterocycles. The van der Waals surface area contributed by atoms with Gasteiger partial charge in [-0.1, -0.05) is 53.0 Å². The van der Waals surface area contributed by atoms with E-state index in [4.69, 9.17) is 4.98 Å². The van der Waals surface area contributed by atoms with Crippen molar-refractivity contribution in [3.63, 3.8) is 0 Å². The van der Waals surface area contributed by atoms with Gasteiger partial charge in [-0.15, -0.1) is 0 Å². The topological polar surface area (TPSA) is 38.1 Å². The van der Waals surface area contributed by atoms with Crippen LogP contribution in [0.4, 0.5) is 0 Å². The summed E-state index contributed by atoms with van der Waals surface area (Å²) in [5, 5.41) is 0. The maximum Gasteiger partial charge on any atom is 0.242 e. The zero-order valence-corrected chi connectivity index (χ0v) is 16.3. The number of aromatic nitrogens is 2. The summed E-state index contributed by atoms with van der Waals surface area (Å²) < 4.78 is 3.09. The highest BCUT2D eigenvalue weighted by Gasteiger charge is 2.20. The number of rotatable bonds is 3. The van der Waals surface area contributed by atoms with Crippen molar-refractivity contribution in [2.75, 3.05) is 13.1 Å². The zero-order valence-electron chi connectivity index (χ0n) is 14.7. The molecule has 4 rings (SSSR count). The van der Waals surface area contributed by atoms with Gasteiger partial charge in [0, 0.05) is 23.1 Å². The van der Waals surface area contributed by atoms with E-state index in [1.54, 1.807) is 0 Å². The van der Waals surface area contributed by atoms with Crippen LogP contribution in [0.3, 0.4) is 0 Å². The number of halogens is 1. The van der Waals surface area contributed by atoms with Crippen LogP contribution in [0.25, 0.3) is 22.4 Å². The van der Waals surface area contributed by atoms with Crippen molar-refractivity contribution in [3.8, 4) is 11.4 Å². The van der Waals surface area contributed by atoms with E-state index < -0.39 is 0 Å². The first-order valence-electron chi connectivity index (χ1n) is 9.21. The van der Waals surface area contributed by atoms with Gasteiger partial charge in [-0.2, -0.15) is 0 Å². The van der Waals surface area contributed by atoms with Crippen LogP contribution in [-0.4, -0.2) is 33.4 Å². The highest BCUT2D eigenvalue weighted by Crippen LogP contribution is 2.26. The Balaban J connectivity index is 1.71. The largest absolute Gasteiger partial charge is 0.341 e. The molecule has 1 aliphatic rings. The number of likely N-dealkylation sites (tertiary alicyclic amines) is 1. The van der Waals surface area contributed by atoms with Crippen LogP contribution in [0.2, 0.25) is 0 Å². The van der Waals surface area contributed by atoms with Crippen LogP contribution in [0.15, 0.2) is 53.0 Å². The fraction of sp³-hybridized carbons (Fsp3) is 0.333. The molecular formula is C21H22BrN3O.